The van der Waals surface area contributed by atoms with E-state index in [1.807, 2.05) is 90.9 Å². The maximum absolute atomic E-state index is 12.9. The number of nitrogens with one attached hydrogen (secondary N) is 1. The number of anilines is 2. The van der Waals surface area contributed by atoms with Crippen molar-refractivity contribution in [2.24, 2.45) is 0 Å². The van der Waals surface area contributed by atoms with E-state index in [2.05, 4.69) is 11.4 Å². The lowest BCUT2D eigenvalue weighted by molar-refractivity contribution is -0.115. The van der Waals surface area contributed by atoms with Crippen LogP contribution < -0.4 is 10.2 Å². The van der Waals surface area contributed by atoms with Gasteiger partial charge in [-0.15, -0.1) is 0 Å². The monoisotopic (exact) mass is 386 g/mol. The number of carbonyl (C=O) groups excluding carboxylic acids is 1. The molecule has 0 atom stereocenters. The summed E-state index contributed by atoms with van der Waals surface area (Å²) in [5, 5.41) is 12.7. The molecule has 3 rings (SSSR count). The fourth-order valence-electron chi connectivity index (χ4n) is 3.46. The Morgan fingerprint density at radius 1 is 1.07 bits per heavy atom. The number of para-hydroxylation sites is 1. The number of nitriles is 1. The van der Waals surface area contributed by atoms with Crippen LogP contribution in [0.2, 0.25) is 0 Å². The largest absolute Gasteiger partial charge is 0.362 e. The topological polar surface area (TPSA) is 61.1 Å². The summed E-state index contributed by atoms with van der Waals surface area (Å²) >= 11 is 0. The van der Waals surface area contributed by atoms with Gasteiger partial charge in [0.2, 0.25) is 5.91 Å². The van der Waals surface area contributed by atoms with Crippen molar-refractivity contribution >= 4 is 17.4 Å². The highest BCUT2D eigenvalue weighted by atomic mass is 16.2. The zero-order valence-corrected chi connectivity index (χ0v) is 17.1. The summed E-state index contributed by atoms with van der Waals surface area (Å²) in [5.41, 5.74) is 4.52. The Morgan fingerprint density at radius 2 is 1.69 bits per heavy atom. The van der Waals surface area contributed by atoms with Crippen LogP contribution in [0, 0.1) is 25.2 Å². The van der Waals surface area contributed by atoms with Crippen molar-refractivity contribution in [3.63, 3.8) is 0 Å². The minimum Gasteiger partial charge on any atom is -0.362 e. The Bertz CT molecular complexity index is 1020. The second kappa shape index (κ2) is 9.11. The molecule has 0 fully saturated rings. The number of rotatable bonds is 7. The summed E-state index contributed by atoms with van der Waals surface area (Å²) in [6, 6.07) is 22.2. The van der Waals surface area contributed by atoms with Crippen LogP contribution in [0.5, 0.6) is 0 Å². The van der Waals surface area contributed by atoms with Gasteiger partial charge in [-0.3, -0.25) is 4.79 Å². The van der Waals surface area contributed by atoms with Crippen LogP contribution in [0.15, 0.2) is 60.7 Å². The lowest BCUT2D eigenvalue weighted by atomic mass is 10.2. The second-order valence-corrected chi connectivity index (χ2v) is 7.02. The van der Waals surface area contributed by atoms with E-state index in [1.165, 1.54) is 0 Å². The Labute approximate surface area is 172 Å². The number of carbonyl (C=O) groups is 1. The van der Waals surface area contributed by atoms with Crippen LogP contribution in [0.4, 0.5) is 11.5 Å². The van der Waals surface area contributed by atoms with Gasteiger partial charge in [0.15, 0.2) is 0 Å². The first-order chi connectivity index (χ1) is 14.0. The third-order valence-electron chi connectivity index (χ3n) is 5.22. The number of nitrogens with zero attached hydrogens (tertiary/aromatic N) is 3. The molecule has 0 saturated carbocycles. The van der Waals surface area contributed by atoms with Gasteiger partial charge in [0.25, 0.3) is 0 Å². The van der Waals surface area contributed by atoms with Crippen LogP contribution in [-0.2, 0) is 11.3 Å². The van der Waals surface area contributed by atoms with Crippen molar-refractivity contribution in [1.82, 2.24) is 4.57 Å². The minimum absolute atomic E-state index is 0.140. The molecule has 0 bridgehead atoms. The second-order valence-electron chi connectivity index (χ2n) is 7.02. The number of amides is 1. The number of hydrogen-bond acceptors (Lipinski definition) is 3. The lowest BCUT2D eigenvalue weighted by Gasteiger charge is -2.23. The van der Waals surface area contributed by atoms with Crippen molar-refractivity contribution in [2.45, 2.75) is 27.3 Å². The number of aromatic nitrogens is 1. The maximum atomic E-state index is 12.9. The van der Waals surface area contributed by atoms with E-state index in [1.54, 1.807) is 0 Å². The third kappa shape index (κ3) is 4.49. The van der Waals surface area contributed by atoms with E-state index in [0.717, 1.165) is 22.5 Å². The molecule has 1 N–H and O–H groups in total. The molecule has 2 aromatic carbocycles. The normalized spacial score (nSPS) is 10.4. The average molecular weight is 386 g/mol. The van der Waals surface area contributed by atoms with Crippen LogP contribution >= 0.6 is 0 Å². The first-order valence-corrected chi connectivity index (χ1v) is 9.78. The van der Waals surface area contributed by atoms with Gasteiger partial charge in [-0.2, -0.15) is 5.26 Å². The van der Waals surface area contributed by atoms with Crippen LogP contribution in [-0.4, -0.2) is 23.6 Å². The molecule has 1 heterocycles. The standard InChI is InChI=1S/C24H26N4O/c1-4-27(21-13-9-6-10-14-21)17-23(29)26-24-22(15-25)18(2)19(3)28(24)16-20-11-7-5-8-12-20/h5-14H,4,16-17H2,1-3H3,(H,26,29). The van der Waals surface area contributed by atoms with Crippen molar-refractivity contribution < 1.29 is 4.79 Å². The van der Waals surface area contributed by atoms with Crippen LogP contribution in [0.3, 0.4) is 0 Å². The smallest absolute Gasteiger partial charge is 0.245 e. The van der Waals surface area contributed by atoms with E-state index < -0.39 is 0 Å². The first kappa shape index (κ1) is 20.2. The molecule has 148 valence electrons. The van der Waals surface area contributed by atoms with Crippen molar-refractivity contribution in [1.29, 1.82) is 5.26 Å². The van der Waals surface area contributed by atoms with Crippen molar-refractivity contribution in [3.8, 4) is 6.07 Å². The molecular weight excluding hydrogens is 360 g/mol. The highest BCUT2D eigenvalue weighted by Crippen LogP contribution is 2.27. The van der Waals surface area contributed by atoms with E-state index >= 15 is 0 Å². The molecule has 1 aromatic heterocycles. The first-order valence-electron chi connectivity index (χ1n) is 9.78. The van der Waals surface area contributed by atoms with Gasteiger partial charge in [-0.1, -0.05) is 48.5 Å². The molecule has 0 aliphatic carbocycles. The molecule has 0 spiro atoms. The molecule has 0 aliphatic heterocycles. The third-order valence-corrected chi connectivity index (χ3v) is 5.22. The molecule has 0 aliphatic rings. The predicted molar refractivity (Wildman–Crippen MR) is 117 cm³/mol. The highest BCUT2D eigenvalue weighted by molar-refractivity contribution is 5.95. The van der Waals surface area contributed by atoms with E-state index in [4.69, 9.17) is 0 Å². The zero-order chi connectivity index (χ0) is 20.8. The summed E-state index contributed by atoms with van der Waals surface area (Å²) in [5.74, 6) is 0.430. The maximum Gasteiger partial charge on any atom is 0.245 e. The Morgan fingerprint density at radius 3 is 2.28 bits per heavy atom. The summed E-state index contributed by atoms with van der Waals surface area (Å²) in [6.45, 7) is 7.46. The molecule has 0 unspecified atom stereocenters. The summed E-state index contributed by atoms with van der Waals surface area (Å²) in [6.07, 6.45) is 0. The van der Waals surface area contributed by atoms with Gasteiger partial charge >= 0.3 is 0 Å². The molecule has 1 amide bonds. The van der Waals surface area contributed by atoms with Gasteiger partial charge in [0, 0.05) is 24.5 Å². The quantitative estimate of drug-likeness (QED) is 0.651. The fraction of sp³-hybridized carbons (Fsp3) is 0.250. The van der Waals surface area contributed by atoms with Crippen LogP contribution in [0.1, 0.15) is 29.3 Å². The molecule has 5 nitrogen and oxygen atoms in total. The van der Waals surface area contributed by atoms with Crippen molar-refractivity contribution in [3.05, 3.63) is 83.0 Å². The predicted octanol–water partition coefficient (Wildman–Crippen LogP) is 4.49. The fourth-order valence-corrected chi connectivity index (χ4v) is 3.46. The molecule has 29 heavy (non-hydrogen) atoms. The van der Waals surface area contributed by atoms with E-state index in [9.17, 15) is 10.1 Å². The lowest BCUT2D eigenvalue weighted by Crippen LogP contribution is -2.33. The zero-order valence-electron chi connectivity index (χ0n) is 17.1. The number of likely N-dealkylation sites (N-methyl/N-ethyl adjacent to an activating group) is 1. The van der Waals surface area contributed by atoms with E-state index in [-0.39, 0.29) is 12.5 Å². The molecular formula is C24H26N4O. The summed E-state index contributed by atoms with van der Waals surface area (Å²) in [4.78, 5) is 14.9. The van der Waals surface area contributed by atoms with Gasteiger partial charge in [-0.25, -0.2) is 0 Å². The van der Waals surface area contributed by atoms with Gasteiger partial charge < -0.3 is 14.8 Å². The Balaban J connectivity index is 1.86. The average Bonchev–Trinajstić information content (AvgIpc) is 2.97. The summed E-state index contributed by atoms with van der Waals surface area (Å²) in [7, 11) is 0. The molecule has 0 saturated heterocycles. The number of hydrogen-bond donors (Lipinski definition) is 1. The minimum atomic E-state index is -0.140. The summed E-state index contributed by atoms with van der Waals surface area (Å²) < 4.78 is 2.01. The number of benzene rings is 2. The Kier molecular flexibility index (Phi) is 6.36. The molecule has 0 radical (unpaired) electrons. The van der Waals surface area contributed by atoms with Crippen LogP contribution in [0.25, 0.3) is 0 Å². The van der Waals surface area contributed by atoms with E-state index in [0.29, 0.717) is 24.5 Å². The SMILES string of the molecule is CCN(CC(=O)Nc1c(C#N)c(C)c(C)n1Cc1ccccc1)c1ccccc1. The highest BCUT2D eigenvalue weighted by Gasteiger charge is 2.20. The Hall–Kier alpha value is -3.52. The molecule has 5 heteroatoms. The molecule has 3 aromatic rings. The van der Waals surface area contributed by atoms with Crippen molar-refractivity contribution in [2.75, 3.05) is 23.3 Å². The van der Waals surface area contributed by atoms with Gasteiger partial charge in [0.05, 0.1) is 12.1 Å². The van der Waals surface area contributed by atoms with Gasteiger partial charge in [0.1, 0.15) is 11.9 Å². The van der Waals surface area contributed by atoms with Gasteiger partial charge in [-0.05, 0) is 44.0 Å².